The van der Waals surface area contributed by atoms with Crippen LogP contribution in [-0.4, -0.2) is 64.9 Å². The van der Waals surface area contributed by atoms with Crippen molar-refractivity contribution in [2.45, 2.75) is 44.5 Å². The summed E-state index contributed by atoms with van der Waals surface area (Å²) in [6.45, 7) is 0.518. The van der Waals surface area contributed by atoms with Gasteiger partial charge in [-0.1, -0.05) is 54.6 Å². The quantitative estimate of drug-likeness (QED) is 0.255. The van der Waals surface area contributed by atoms with Gasteiger partial charge in [-0.05, 0) is 36.3 Å². The number of amides is 3. The molecule has 3 amide bonds. The van der Waals surface area contributed by atoms with Crippen molar-refractivity contribution in [3.63, 3.8) is 0 Å². The number of carboxylic acid groups (broad SMARTS) is 1. The monoisotopic (exact) mass is 521 g/mol. The van der Waals surface area contributed by atoms with Gasteiger partial charge in [0.25, 0.3) is 0 Å². The first-order valence-electron chi connectivity index (χ1n) is 12.5. The number of nitrogens with zero attached hydrogens (tertiary/aromatic N) is 2. The molecule has 11 nitrogen and oxygen atoms in total. The van der Waals surface area contributed by atoms with Gasteiger partial charge in [-0.2, -0.15) is 4.99 Å². The summed E-state index contributed by atoms with van der Waals surface area (Å²) >= 11 is 0. The molecule has 1 aliphatic heterocycles. The predicted octanol–water partition coefficient (Wildman–Crippen LogP) is 1.40. The summed E-state index contributed by atoms with van der Waals surface area (Å²) in [5.74, 6) is -1.37. The van der Waals surface area contributed by atoms with Crippen molar-refractivity contribution in [2.24, 2.45) is 16.6 Å². The van der Waals surface area contributed by atoms with Crippen molar-refractivity contribution in [3.8, 4) is 0 Å². The molecule has 1 aliphatic carbocycles. The highest BCUT2D eigenvalue weighted by Gasteiger charge is 2.44. The molecule has 2 aliphatic rings. The van der Waals surface area contributed by atoms with Gasteiger partial charge in [-0.15, -0.1) is 0 Å². The normalized spacial score (nSPS) is 17.7. The van der Waals surface area contributed by atoms with Gasteiger partial charge >= 0.3 is 12.1 Å². The molecule has 0 bridgehead atoms. The molecular weight excluding hydrogens is 490 g/mol. The summed E-state index contributed by atoms with van der Waals surface area (Å²) in [7, 11) is 0. The lowest BCUT2D eigenvalue weighted by atomic mass is 9.99. The van der Waals surface area contributed by atoms with Gasteiger partial charge in [0.15, 0.2) is 0 Å². The van der Waals surface area contributed by atoms with Crippen LogP contribution in [0, 0.1) is 5.92 Å². The van der Waals surface area contributed by atoms with Crippen molar-refractivity contribution in [1.29, 1.82) is 0 Å². The van der Waals surface area contributed by atoms with Crippen LogP contribution in [0.5, 0.6) is 0 Å². The van der Waals surface area contributed by atoms with E-state index in [1.54, 1.807) is 24.3 Å². The van der Waals surface area contributed by atoms with E-state index in [0.29, 0.717) is 18.5 Å². The van der Waals surface area contributed by atoms with Crippen LogP contribution < -0.4 is 16.4 Å². The Labute approximate surface area is 220 Å². The number of carbonyl (C=O) groups is 4. The number of amidine groups is 1. The number of aliphatic imine (C=N–C) groups is 1. The minimum absolute atomic E-state index is 0.0176. The Bertz CT molecular complexity index is 1200. The summed E-state index contributed by atoms with van der Waals surface area (Å²) in [5.41, 5.74) is 8.12. The first-order valence-corrected chi connectivity index (χ1v) is 12.5. The molecule has 2 fully saturated rings. The van der Waals surface area contributed by atoms with Crippen molar-refractivity contribution >= 4 is 29.7 Å². The molecular formula is C27H31N5O6. The van der Waals surface area contributed by atoms with Gasteiger partial charge in [0.1, 0.15) is 18.5 Å². The minimum atomic E-state index is -1.02. The number of likely N-dealkylation sites (tertiary alicyclic amines) is 1. The largest absolute Gasteiger partial charge is 0.480 e. The fourth-order valence-corrected chi connectivity index (χ4v) is 4.20. The van der Waals surface area contributed by atoms with Crippen molar-refractivity contribution in [1.82, 2.24) is 15.5 Å². The summed E-state index contributed by atoms with van der Waals surface area (Å²) < 4.78 is 5.12. The van der Waals surface area contributed by atoms with E-state index in [9.17, 15) is 19.2 Å². The molecule has 1 saturated heterocycles. The molecule has 5 N–H and O–H groups in total. The summed E-state index contributed by atoms with van der Waals surface area (Å²) in [6, 6.07) is 15.0. The van der Waals surface area contributed by atoms with E-state index in [1.807, 2.05) is 30.3 Å². The Morgan fingerprint density at radius 3 is 2.34 bits per heavy atom. The molecule has 1 saturated carbocycles. The third-order valence-electron chi connectivity index (χ3n) is 6.57. The summed E-state index contributed by atoms with van der Waals surface area (Å²) in [5, 5.41) is 14.6. The van der Waals surface area contributed by atoms with Crippen LogP contribution in [0.3, 0.4) is 0 Å². The lowest BCUT2D eigenvalue weighted by Crippen LogP contribution is -2.62. The van der Waals surface area contributed by atoms with Crippen LogP contribution in [0.15, 0.2) is 59.6 Å². The van der Waals surface area contributed by atoms with E-state index in [1.165, 1.54) is 4.90 Å². The highest BCUT2D eigenvalue weighted by Crippen LogP contribution is 2.34. The third-order valence-corrected chi connectivity index (χ3v) is 6.57. The molecule has 0 radical (unpaired) electrons. The van der Waals surface area contributed by atoms with Crippen molar-refractivity contribution in [2.75, 3.05) is 13.1 Å². The third kappa shape index (κ3) is 7.16. The lowest BCUT2D eigenvalue weighted by molar-refractivity contribution is -0.149. The SMILES string of the molecule is NC(=NC(=O)OCc1ccccc1)c1ccc(CNC(=O)[C@@H]2CCN2C(=O)C(NCC(=O)O)C2CC2)cc1. The Morgan fingerprint density at radius 2 is 1.74 bits per heavy atom. The average Bonchev–Trinajstić information content (AvgIpc) is 3.72. The van der Waals surface area contributed by atoms with E-state index >= 15 is 0 Å². The van der Waals surface area contributed by atoms with Crippen LogP contribution in [0.1, 0.15) is 36.0 Å². The number of ether oxygens (including phenoxy) is 1. The van der Waals surface area contributed by atoms with Gasteiger partial charge < -0.3 is 25.8 Å². The van der Waals surface area contributed by atoms with E-state index in [-0.39, 0.29) is 43.3 Å². The Hall–Kier alpha value is -4.25. The highest BCUT2D eigenvalue weighted by molar-refractivity contribution is 6.02. The number of hydrogen-bond donors (Lipinski definition) is 4. The van der Waals surface area contributed by atoms with Crippen LogP contribution in [0.4, 0.5) is 4.79 Å². The van der Waals surface area contributed by atoms with Crippen LogP contribution in [-0.2, 0) is 32.3 Å². The Kier molecular flexibility index (Phi) is 8.70. The minimum Gasteiger partial charge on any atom is -0.480 e. The molecule has 2 atom stereocenters. The maximum atomic E-state index is 12.9. The fraction of sp³-hybridized carbons (Fsp3) is 0.370. The average molecular weight is 522 g/mol. The van der Waals surface area contributed by atoms with Gasteiger partial charge in [-0.3, -0.25) is 19.7 Å². The molecule has 200 valence electrons. The standard InChI is InChI=1S/C27H31N5O6/c28-24(31-27(37)38-16-18-4-2-1-3-5-18)20-8-6-17(7-9-20)14-30-25(35)21-12-13-32(21)26(36)23(19-10-11-19)29-15-22(33)34/h1-9,19,21,23,29H,10-16H2,(H,30,35)(H,33,34)(H2,28,31,37)/t21-,23?/m0/s1. The summed E-state index contributed by atoms with van der Waals surface area (Å²) in [6.07, 6.45) is 1.51. The number of rotatable bonds is 11. The van der Waals surface area contributed by atoms with E-state index < -0.39 is 24.1 Å². The van der Waals surface area contributed by atoms with Gasteiger partial charge in [-0.25, -0.2) is 4.79 Å². The molecule has 2 aromatic rings. The van der Waals surface area contributed by atoms with Crippen molar-refractivity contribution in [3.05, 3.63) is 71.3 Å². The zero-order valence-corrected chi connectivity index (χ0v) is 20.8. The number of benzene rings is 2. The number of nitrogens with two attached hydrogens (primary N) is 1. The van der Waals surface area contributed by atoms with Gasteiger partial charge in [0.05, 0.1) is 12.6 Å². The zero-order valence-electron chi connectivity index (χ0n) is 20.8. The number of carbonyl (C=O) groups excluding carboxylic acids is 3. The lowest BCUT2D eigenvalue weighted by Gasteiger charge is -2.41. The molecule has 4 rings (SSSR count). The van der Waals surface area contributed by atoms with Crippen molar-refractivity contribution < 1.29 is 29.0 Å². The van der Waals surface area contributed by atoms with Crippen LogP contribution in [0.2, 0.25) is 0 Å². The molecule has 11 heteroatoms. The number of carboxylic acids is 1. The number of aliphatic carboxylic acids is 1. The molecule has 38 heavy (non-hydrogen) atoms. The van der Waals surface area contributed by atoms with E-state index in [4.69, 9.17) is 15.6 Å². The summed E-state index contributed by atoms with van der Waals surface area (Å²) in [4.78, 5) is 53.8. The second-order valence-corrected chi connectivity index (χ2v) is 9.38. The Balaban J connectivity index is 1.25. The first-order chi connectivity index (χ1) is 18.3. The zero-order chi connectivity index (χ0) is 27.1. The van der Waals surface area contributed by atoms with Gasteiger partial charge in [0, 0.05) is 18.7 Å². The van der Waals surface area contributed by atoms with Gasteiger partial charge in [0.2, 0.25) is 11.8 Å². The fourth-order valence-electron chi connectivity index (χ4n) is 4.20. The maximum Gasteiger partial charge on any atom is 0.435 e. The van der Waals surface area contributed by atoms with Crippen LogP contribution >= 0.6 is 0 Å². The predicted molar refractivity (Wildman–Crippen MR) is 138 cm³/mol. The second-order valence-electron chi connectivity index (χ2n) is 9.38. The maximum absolute atomic E-state index is 12.9. The topological polar surface area (TPSA) is 163 Å². The number of hydrogen-bond acceptors (Lipinski definition) is 6. The highest BCUT2D eigenvalue weighted by atomic mass is 16.5. The second kappa shape index (κ2) is 12.3. The molecule has 0 spiro atoms. The van der Waals surface area contributed by atoms with E-state index in [0.717, 1.165) is 24.0 Å². The molecule has 2 aromatic carbocycles. The molecule has 0 aromatic heterocycles. The Morgan fingerprint density at radius 1 is 1.03 bits per heavy atom. The number of nitrogens with one attached hydrogen (secondary N) is 2. The van der Waals surface area contributed by atoms with Crippen LogP contribution in [0.25, 0.3) is 0 Å². The smallest absolute Gasteiger partial charge is 0.435 e. The van der Waals surface area contributed by atoms with E-state index in [2.05, 4.69) is 15.6 Å². The molecule has 1 heterocycles. The molecule has 1 unspecified atom stereocenters. The first kappa shape index (κ1) is 26.8.